The van der Waals surface area contributed by atoms with E-state index in [2.05, 4.69) is 15.7 Å². The number of hydrogen-bond donors (Lipinski definition) is 2. The molecule has 0 radical (unpaired) electrons. The molecule has 0 spiro atoms. The molecule has 10 nitrogen and oxygen atoms in total. The monoisotopic (exact) mass is 628 g/mol. The molecule has 1 aliphatic rings. The molecule has 2 heterocycles. The van der Waals surface area contributed by atoms with Crippen LogP contribution in [-0.2, 0) is 22.6 Å². The Kier molecular flexibility index (Phi) is 11.1. The molecular formula is C26H28Cl4N6O4. The van der Waals surface area contributed by atoms with Crippen molar-refractivity contribution >= 4 is 58.3 Å². The van der Waals surface area contributed by atoms with Gasteiger partial charge >= 0.3 is 11.9 Å². The van der Waals surface area contributed by atoms with Crippen LogP contribution in [0.15, 0.2) is 47.8 Å². The normalized spacial score (nSPS) is 13.2. The van der Waals surface area contributed by atoms with E-state index in [0.717, 1.165) is 11.1 Å². The molecule has 0 atom stereocenters. The molecule has 0 amide bonds. The quantitative estimate of drug-likeness (QED) is 0.290. The van der Waals surface area contributed by atoms with Gasteiger partial charge < -0.3 is 9.84 Å². The summed E-state index contributed by atoms with van der Waals surface area (Å²) in [7, 11) is 0. The van der Waals surface area contributed by atoms with E-state index in [9.17, 15) is 9.59 Å². The van der Waals surface area contributed by atoms with Crippen LogP contribution < -0.4 is 5.43 Å². The van der Waals surface area contributed by atoms with Gasteiger partial charge in [0.1, 0.15) is 0 Å². The van der Waals surface area contributed by atoms with Gasteiger partial charge in [-0.1, -0.05) is 51.6 Å². The number of carboxylic acids is 1. The molecule has 3 aromatic rings. The topological polar surface area (TPSA) is 113 Å². The lowest BCUT2D eigenvalue weighted by Gasteiger charge is -2.29. The van der Waals surface area contributed by atoms with Gasteiger partial charge in [0.2, 0.25) is 0 Å². The Morgan fingerprint density at radius 2 is 1.43 bits per heavy atom. The number of hydrogen-bond acceptors (Lipinski definition) is 8. The minimum Gasteiger partial charge on any atom is -0.476 e. The number of carboxylic acid groups (broad SMARTS) is 1. The summed E-state index contributed by atoms with van der Waals surface area (Å²) in [5, 5.41) is 22.8. The number of nitrogens with one attached hydrogen (secondary N) is 1. The molecule has 0 unspecified atom stereocenters. The van der Waals surface area contributed by atoms with Gasteiger partial charge in [-0.2, -0.15) is 0 Å². The zero-order valence-corrected chi connectivity index (χ0v) is 25.2. The van der Waals surface area contributed by atoms with E-state index >= 15 is 0 Å². The number of esters is 1. The van der Waals surface area contributed by atoms with E-state index in [4.69, 9.17) is 56.2 Å². The fraction of sp³-hybridized carbons (Fsp3) is 0.308. The number of ether oxygens (including phenoxy) is 1. The number of benzene rings is 2. The highest BCUT2D eigenvalue weighted by Crippen LogP contribution is 2.25. The molecule has 0 saturated heterocycles. The maximum absolute atomic E-state index is 11.7. The van der Waals surface area contributed by atoms with Crippen molar-refractivity contribution in [2.45, 2.75) is 40.8 Å². The standard InChI is InChI=1S/C13H13Cl2N3O2.C13H15Cl2N3O2/c1-3-20-13(19)12-8(2)18(17-16-12)7-9-4-10(14)6-11(15)5-9;1-3-18-16-12(13(19)20)8(2)17(18)7-9-4-10(14)6-11(15)5-9/h4-6H,3,7H2,1-2H3;4-6,16H,3,7H2,1-2H3,(H,19,20). The summed E-state index contributed by atoms with van der Waals surface area (Å²) in [4.78, 5) is 22.8. The largest absolute Gasteiger partial charge is 0.476 e. The van der Waals surface area contributed by atoms with Crippen LogP contribution in [0.3, 0.4) is 0 Å². The van der Waals surface area contributed by atoms with E-state index in [1.54, 1.807) is 54.8 Å². The number of nitrogens with zero attached hydrogens (tertiary/aromatic N) is 5. The Balaban J connectivity index is 0.000000220. The summed E-state index contributed by atoms with van der Waals surface area (Å²) >= 11 is 23.9. The van der Waals surface area contributed by atoms with E-state index in [1.165, 1.54) is 0 Å². The highest BCUT2D eigenvalue weighted by molar-refractivity contribution is 6.35. The van der Waals surface area contributed by atoms with Gasteiger partial charge in [-0.15, -0.1) is 10.2 Å². The highest BCUT2D eigenvalue weighted by atomic mass is 35.5. The first-order valence-electron chi connectivity index (χ1n) is 12.2. The summed E-state index contributed by atoms with van der Waals surface area (Å²) in [6, 6.07) is 10.5. The molecular weight excluding hydrogens is 602 g/mol. The SMILES string of the molecule is CCN1NC(C(=O)O)=C(C)N1Cc1cc(Cl)cc(Cl)c1.CCOC(=O)c1nnn(Cc2cc(Cl)cc(Cl)c2)c1C. The van der Waals surface area contributed by atoms with Crippen LogP contribution >= 0.6 is 46.4 Å². The van der Waals surface area contributed by atoms with Gasteiger partial charge in [-0.25, -0.2) is 14.3 Å². The van der Waals surface area contributed by atoms with Crippen molar-refractivity contribution in [2.75, 3.05) is 13.2 Å². The molecule has 14 heteroatoms. The number of allylic oxidation sites excluding steroid dienone is 1. The van der Waals surface area contributed by atoms with Crippen LogP contribution in [0.5, 0.6) is 0 Å². The molecule has 1 aromatic heterocycles. The molecule has 2 aromatic carbocycles. The van der Waals surface area contributed by atoms with Crippen molar-refractivity contribution in [1.82, 2.24) is 30.5 Å². The predicted molar refractivity (Wildman–Crippen MR) is 154 cm³/mol. The number of aliphatic carboxylic acids is 1. The van der Waals surface area contributed by atoms with Crippen LogP contribution in [-0.4, -0.2) is 55.3 Å². The average molecular weight is 630 g/mol. The van der Waals surface area contributed by atoms with Crippen molar-refractivity contribution in [3.8, 4) is 0 Å². The third kappa shape index (κ3) is 8.02. The second-order valence-electron chi connectivity index (χ2n) is 8.61. The van der Waals surface area contributed by atoms with Crippen molar-refractivity contribution < 1.29 is 19.4 Å². The van der Waals surface area contributed by atoms with E-state index in [0.29, 0.717) is 57.7 Å². The Hall–Kier alpha value is -3.02. The minimum atomic E-state index is -0.979. The Morgan fingerprint density at radius 1 is 0.900 bits per heavy atom. The zero-order chi connectivity index (χ0) is 29.6. The molecule has 40 heavy (non-hydrogen) atoms. The van der Waals surface area contributed by atoms with Crippen molar-refractivity contribution in [2.24, 2.45) is 0 Å². The first-order valence-corrected chi connectivity index (χ1v) is 13.7. The molecule has 0 aliphatic carbocycles. The molecule has 0 saturated carbocycles. The minimum absolute atomic E-state index is 0.181. The average Bonchev–Trinajstić information content (AvgIpc) is 3.38. The summed E-state index contributed by atoms with van der Waals surface area (Å²) < 4.78 is 6.52. The predicted octanol–water partition coefficient (Wildman–Crippen LogP) is 5.98. The zero-order valence-electron chi connectivity index (χ0n) is 22.2. The molecule has 0 bridgehead atoms. The van der Waals surface area contributed by atoms with Gasteiger partial charge in [-0.05, 0) is 75.2 Å². The number of halogens is 4. The van der Waals surface area contributed by atoms with Crippen LogP contribution in [0.4, 0.5) is 0 Å². The summed E-state index contributed by atoms with van der Waals surface area (Å²) in [6.45, 7) is 9.05. The second kappa shape index (κ2) is 14.0. The van der Waals surface area contributed by atoms with Crippen molar-refractivity contribution in [3.05, 3.63) is 90.4 Å². The Morgan fingerprint density at radius 3 is 1.90 bits per heavy atom. The maximum atomic E-state index is 11.7. The van der Waals surface area contributed by atoms with Gasteiger partial charge in [0, 0.05) is 26.6 Å². The van der Waals surface area contributed by atoms with Crippen LogP contribution in [0.1, 0.15) is 48.1 Å². The van der Waals surface area contributed by atoms with Gasteiger partial charge in [-0.3, -0.25) is 10.4 Å². The third-order valence-electron chi connectivity index (χ3n) is 5.76. The number of hydrazine groups is 2. The lowest BCUT2D eigenvalue weighted by Crippen LogP contribution is -2.43. The lowest BCUT2D eigenvalue weighted by atomic mass is 10.2. The van der Waals surface area contributed by atoms with Crippen molar-refractivity contribution in [1.29, 1.82) is 0 Å². The van der Waals surface area contributed by atoms with E-state index < -0.39 is 11.9 Å². The molecule has 4 rings (SSSR count). The third-order valence-corrected chi connectivity index (χ3v) is 6.63. The van der Waals surface area contributed by atoms with Crippen LogP contribution in [0, 0.1) is 6.92 Å². The number of rotatable bonds is 8. The number of carbonyl (C=O) groups excluding carboxylic acids is 1. The molecule has 2 N–H and O–H groups in total. The first-order chi connectivity index (χ1) is 18.9. The molecule has 214 valence electrons. The number of aromatic nitrogens is 3. The summed E-state index contributed by atoms with van der Waals surface area (Å²) in [5.41, 5.74) is 6.34. The smallest absolute Gasteiger partial charge is 0.360 e. The van der Waals surface area contributed by atoms with E-state index in [-0.39, 0.29) is 11.4 Å². The molecule has 0 fully saturated rings. The Bertz CT molecular complexity index is 1390. The summed E-state index contributed by atoms with van der Waals surface area (Å²) in [6.07, 6.45) is 0. The van der Waals surface area contributed by atoms with Gasteiger partial charge in [0.15, 0.2) is 11.4 Å². The second-order valence-corrected chi connectivity index (χ2v) is 10.4. The molecule has 1 aliphatic heterocycles. The Labute approximate surface area is 251 Å². The first kappa shape index (κ1) is 31.5. The maximum Gasteiger partial charge on any atom is 0.360 e. The fourth-order valence-electron chi connectivity index (χ4n) is 3.89. The van der Waals surface area contributed by atoms with Crippen LogP contribution in [0.25, 0.3) is 0 Å². The number of carbonyl (C=O) groups is 2. The van der Waals surface area contributed by atoms with Crippen molar-refractivity contribution in [3.63, 3.8) is 0 Å². The summed E-state index contributed by atoms with van der Waals surface area (Å²) in [5.74, 6) is -1.45. The lowest BCUT2D eigenvalue weighted by molar-refractivity contribution is -0.133. The fourth-order valence-corrected chi connectivity index (χ4v) is 5.03. The van der Waals surface area contributed by atoms with Gasteiger partial charge in [0.05, 0.1) is 31.1 Å². The highest BCUT2D eigenvalue weighted by Gasteiger charge is 2.29. The van der Waals surface area contributed by atoms with Crippen LogP contribution in [0.2, 0.25) is 20.1 Å². The van der Waals surface area contributed by atoms with Gasteiger partial charge in [0.25, 0.3) is 0 Å². The van der Waals surface area contributed by atoms with E-state index in [1.807, 2.05) is 24.1 Å².